The number of epoxide rings is 1. The number of carbonyl (C=O) groups excluding carboxylic acids is 9. The van der Waals surface area contributed by atoms with E-state index in [2.05, 4.69) is 26.8 Å². The molecule has 398 valence electrons. The Morgan fingerprint density at radius 1 is 1.04 bits per heavy atom. The SMILES string of the molecule is CCC(=O)N[C@@H](CC(N)=O)C(=O)N[C@@H](C)C(=O)NNC(=O)CCCCC(=O)N(C)[C@@H](C)C(=O)O[C@H]1CC(=O)N(C)c2cc(cc(OC)c2Cl)C/C(C)=C/C=C/[C@@H](OC)[C@@]2(O)C[C@H](OC(=O)N2)[C@@H](C)[C@@H]2O[C@@]12C. The molecule has 1 aromatic rings. The van der Waals surface area contributed by atoms with Crippen molar-refractivity contribution in [2.24, 2.45) is 11.7 Å². The quantitative estimate of drug-likeness (QED) is 0.0503. The number of benzene rings is 1. The highest BCUT2D eigenvalue weighted by Crippen LogP contribution is 2.49. The lowest BCUT2D eigenvalue weighted by molar-refractivity contribution is -0.162. The van der Waals surface area contributed by atoms with Crippen molar-refractivity contribution in [2.45, 2.75) is 153 Å². The second kappa shape index (κ2) is 25.4. The van der Waals surface area contributed by atoms with Crippen LogP contribution in [0.2, 0.25) is 5.02 Å². The van der Waals surface area contributed by atoms with E-state index in [-0.39, 0.29) is 43.5 Å². The van der Waals surface area contributed by atoms with Gasteiger partial charge >= 0.3 is 12.1 Å². The number of aliphatic hydroxyl groups is 1. The number of alkyl carbamates (subject to hydrolysis) is 1. The number of hydrogen-bond donors (Lipinski definition) is 7. The zero-order chi connectivity index (χ0) is 53.8. The first-order chi connectivity index (χ1) is 33.8. The summed E-state index contributed by atoms with van der Waals surface area (Å²) in [5, 5.41) is 19.2. The van der Waals surface area contributed by atoms with Crippen LogP contribution < -0.4 is 42.2 Å². The fourth-order valence-corrected chi connectivity index (χ4v) is 8.66. The fourth-order valence-electron chi connectivity index (χ4n) is 8.34. The molecule has 72 heavy (non-hydrogen) atoms. The van der Waals surface area contributed by atoms with E-state index < -0.39 is 126 Å². The molecule has 0 saturated carbocycles. The largest absolute Gasteiger partial charge is 0.495 e. The molecule has 2 fully saturated rings. The average Bonchev–Trinajstić information content (AvgIpc) is 4.03. The van der Waals surface area contributed by atoms with Gasteiger partial charge in [0.2, 0.25) is 35.4 Å². The Morgan fingerprint density at radius 3 is 2.36 bits per heavy atom. The maximum absolute atomic E-state index is 14.3. The first-order valence-corrected chi connectivity index (χ1v) is 24.0. The van der Waals surface area contributed by atoms with Gasteiger partial charge in [-0.1, -0.05) is 49.2 Å². The summed E-state index contributed by atoms with van der Waals surface area (Å²) in [7, 11) is 5.78. The number of rotatable bonds is 17. The molecule has 4 rings (SSSR count). The topological polar surface area (TPSA) is 316 Å². The van der Waals surface area contributed by atoms with Gasteiger partial charge in [-0.05, 0) is 64.7 Å². The Hall–Kier alpha value is -6.30. The van der Waals surface area contributed by atoms with Crippen LogP contribution in [-0.2, 0) is 63.7 Å². The van der Waals surface area contributed by atoms with Crippen LogP contribution in [0.15, 0.2) is 35.9 Å². The molecule has 0 aliphatic carbocycles. The minimum Gasteiger partial charge on any atom is -0.495 e. The number of nitrogens with two attached hydrogens (primary N) is 1. The van der Waals surface area contributed by atoms with E-state index in [1.807, 2.05) is 13.0 Å². The van der Waals surface area contributed by atoms with E-state index in [0.717, 1.165) is 11.1 Å². The van der Waals surface area contributed by atoms with E-state index >= 15 is 0 Å². The van der Waals surface area contributed by atoms with Crippen molar-refractivity contribution in [1.29, 1.82) is 0 Å². The van der Waals surface area contributed by atoms with Crippen molar-refractivity contribution >= 4 is 70.7 Å². The van der Waals surface area contributed by atoms with E-state index in [1.165, 1.54) is 52.0 Å². The highest BCUT2D eigenvalue weighted by Gasteiger charge is 2.64. The van der Waals surface area contributed by atoms with Crippen LogP contribution in [0.5, 0.6) is 5.75 Å². The van der Waals surface area contributed by atoms with Crippen LogP contribution in [-0.4, -0.2) is 146 Å². The Balaban J connectivity index is 1.43. The zero-order valence-corrected chi connectivity index (χ0v) is 43.1. The summed E-state index contributed by atoms with van der Waals surface area (Å²) < 4.78 is 29.3. The number of likely N-dealkylation sites (N-methyl/N-ethyl adjacent to an activating group) is 1. The lowest BCUT2D eigenvalue weighted by atomic mass is 9.83. The molecule has 2 saturated heterocycles. The van der Waals surface area contributed by atoms with Gasteiger partial charge in [0.05, 0.1) is 31.7 Å². The Labute approximate surface area is 423 Å². The maximum atomic E-state index is 14.3. The highest BCUT2D eigenvalue weighted by atomic mass is 35.5. The molecule has 0 unspecified atom stereocenters. The van der Waals surface area contributed by atoms with Crippen molar-refractivity contribution in [1.82, 2.24) is 31.7 Å². The number of anilines is 1. The van der Waals surface area contributed by atoms with E-state index in [9.17, 15) is 48.3 Å². The average molecular weight is 1030 g/mol. The summed E-state index contributed by atoms with van der Waals surface area (Å²) in [6.45, 7) is 9.61. The second-order valence-electron chi connectivity index (χ2n) is 18.5. The molecule has 8 amide bonds. The smallest absolute Gasteiger partial charge is 0.409 e. The predicted octanol–water partition coefficient (Wildman–Crippen LogP) is 1.50. The number of ether oxygens (including phenoxy) is 5. The maximum Gasteiger partial charge on any atom is 0.409 e. The molecule has 0 radical (unpaired) electrons. The Bertz CT molecular complexity index is 2300. The summed E-state index contributed by atoms with van der Waals surface area (Å²) in [5.74, 6) is -5.73. The van der Waals surface area contributed by atoms with Gasteiger partial charge in [-0.2, -0.15) is 0 Å². The Morgan fingerprint density at radius 2 is 1.72 bits per heavy atom. The van der Waals surface area contributed by atoms with Crippen LogP contribution in [0, 0.1) is 5.92 Å². The van der Waals surface area contributed by atoms with Crippen LogP contribution >= 0.6 is 11.6 Å². The lowest BCUT2D eigenvalue weighted by Gasteiger charge is -2.42. The monoisotopic (exact) mass is 1030 g/mol. The number of methoxy groups -OCH3 is 2. The van der Waals surface area contributed by atoms with Crippen molar-refractivity contribution < 1.29 is 71.9 Å². The molecule has 0 spiro atoms. The molecule has 3 aliphatic rings. The molecule has 3 aliphatic heterocycles. The van der Waals surface area contributed by atoms with Gasteiger partial charge in [-0.25, -0.2) is 9.59 Å². The third-order valence-corrected chi connectivity index (χ3v) is 13.4. The van der Waals surface area contributed by atoms with E-state index in [1.54, 1.807) is 45.1 Å². The third kappa shape index (κ3) is 15.1. The number of hydrogen-bond acceptors (Lipinski definition) is 15. The van der Waals surface area contributed by atoms with Crippen LogP contribution in [0.1, 0.15) is 98.5 Å². The van der Waals surface area contributed by atoms with Gasteiger partial charge < -0.3 is 55.0 Å². The van der Waals surface area contributed by atoms with Gasteiger partial charge in [-0.15, -0.1) is 0 Å². The molecule has 10 atom stereocenters. The number of amides is 8. The number of hydrazine groups is 1. The number of nitrogens with one attached hydrogen (secondary N) is 5. The molecule has 0 aromatic heterocycles. The number of primary amides is 1. The van der Waals surface area contributed by atoms with Gasteiger partial charge in [0, 0.05) is 52.8 Å². The van der Waals surface area contributed by atoms with Crippen LogP contribution in [0.4, 0.5) is 10.5 Å². The molecule has 8 N–H and O–H groups in total. The van der Waals surface area contributed by atoms with Crippen molar-refractivity contribution in [3.05, 3.63) is 46.5 Å². The molecule has 1 aromatic carbocycles. The Kier molecular flexibility index (Phi) is 20.5. The molecular weight excluding hydrogens is 964 g/mol. The number of fused-ring (bicyclic) bond motifs is 5. The molecule has 3 heterocycles. The first-order valence-electron chi connectivity index (χ1n) is 23.6. The second-order valence-corrected chi connectivity index (χ2v) is 18.9. The fraction of sp³-hybridized carbons (Fsp3) is 0.604. The van der Waals surface area contributed by atoms with Crippen LogP contribution in [0.25, 0.3) is 0 Å². The summed E-state index contributed by atoms with van der Waals surface area (Å²) in [4.78, 5) is 118. The van der Waals surface area contributed by atoms with Gasteiger partial charge in [0.1, 0.15) is 52.8 Å². The molecule has 4 bridgehead atoms. The normalized spacial score (nSPS) is 26.5. The summed E-state index contributed by atoms with van der Waals surface area (Å²) >= 11 is 6.79. The third-order valence-electron chi connectivity index (χ3n) is 13.0. The number of carbonyl (C=O) groups is 9. The lowest BCUT2D eigenvalue weighted by Crippen LogP contribution is -2.63. The number of allylic oxidation sites excluding steroid dienone is 3. The van der Waals surface area contributed by atoms with Gasteiger partial charge in [0.15, 0.2) is 5.72 Å². The summed E-state index contributed by atoms with van der Waals surface area (Å²) in [6.07, 6.45) is -0.0363. The van der Waals surface area contributed by atoms with Crippen molar-refractivity contribution in [2.75, 3.05) is 33.2 Å². The first kappa shape index (κ1) is 58.3. The van der Waals surface area contributed by atoms with Gasteiger partial charge in [-0.3, -0.25) is 49.7 Å². The molecular formula is C48H69ClN8O15. The number of nitrogens with zero attached hydrogens (tertiary/aromatic N) is 2. The summed E-state index contributed by atoms with van der Waals surface area (Å²) in [5.41, 5.74) is 8.33. The number of esters is 1. The standard InChI is InChI=1S/C48H69ClN8O15/c1-11-37(59)52-30(22-36(50)58)44(64)51-27(4)43(63)55-54-38(60)17-12-13-18-39(61)56(7)28(5)45(65)71-35-23-40(62)57(8)31-20-29(21-32(68-9)41(31)49)19-25(2)15-14-16-34(69-10)48(67)24-33(70-46(66)53-48)26(3)42-47(35,6)72-42/h14-16,20-21,26-28,30,33-35,42,67H,11-13,17-19,22-24H2,1-10H3,(H2,50,58)(H,51,64)(H,52,59)(H,53,66)(H,54,60)(H,55,63)/b16-14+,25-15+/t26-,27+,28+,30+,33+,34-,35+,42+,47+,48+/m1/s1. The minimum absolute atomic E-state index is 0.0401. The van der Waals surface area contributed by atoms with Crippen molar-refractivity contribution in [3.63, 3.8) is 0 Å². The number of halogens is 1. The highest BCUT2D eigenvalue weighted by molar-refractivity contribution is 6.35. The molecule has 24 heteroatoms. The number of unbranched alkanes of at least 4 members (excludes halogenated alkanes) is 1. The zero-order valence-electron chi connectivity index (χ0n) is 42.4. The van der Waals surface area contributed by atoms with E-state index in [4.69, 9.17) is 41.0 Å². The minimum atomic E-state index is -1.90. The van der Waals surface area contributed by atoms with Crippen LogP contribution in [0.3, 0.4) is 0 Å². The van der Waals surface area contributed by atoms with E-state index in [0.29, 0.717) is 17.9 Å². The molecule has 23 nitrogen and oxygen atoms in total. The summed E-state index contributed by atoms with van der Waals surface area (Å²) in [6, 6.07) is -0.156. The van der Waals surface area contributed by atoms with Gasteiger partial charge in [0.25, 0.3) is 5.91 Å². The predicted molar refractivity (Wildman–Crippen MR) is 259 cm³/mol. The van der Waals surface area contributed by atoms with Crippen molar-refractivity contribution in [3.8, 4) is 5.75 Å².